The first-order valence-corrected chi connectivity index (χ1v) is 7.39. The fourth-order valence-electron chi connectivity index (χ4n) is 2.34. The molecule has 0 saturated carbocycles. The van der Waals surface area contributed by atoms with Crippen LogP contribution in [0.4, 0.5) is 5.69 Å². The van der Waals surface area contributed by atoms with Gasteiger partial charge in [0.05, 0.1) is 5.56 Å². The summed E-state index contributed by atoms with van der Waals surface area (Å²) in [7, 11) is 0. The van der Waals surface area contributed by atoms with Gasteiger partial charge in [0.15, 0.2) is 0 Å². The second kappa shape index (κ2) is 6.85. The SMILES string of the molecule is O=C(CC1CCCNC1)Nc1ccc(Br)c(C(=O)O)c1. The van der Waals surface area contributed by atoms with E-state index < -0.39 is 5.97 Å². The zero-order valence-electron chi connectivity index (χ0n) is 11.0. The Labute approximate surface area is 125 Å². The van der Waals surface area contributed by atoms with Gasteiger partial charge in [-0.2, -0.15) is 0 Å². The van der Waals surface area contributed by atoms with Crippen LogP contribution in [0.15, 0.2) is 22.7 Å². The van der Waals surface area contributed by atoms with Gasteiger partial charge in [0.25, 0.3) is 0 Å². The number of carbonyl (C=O) groups is 2. The third-order valence-corrected chi connectivity index (χ3v) is 4.05. The van der Waals surface area contributed by atoms with E-state index in [0.29, 0.717) is 22.5 Å². The molecule has 0 spiro atoms. The molecule has 0 bridgehead atoms. The zero-order chi connectivity index (χ0) is 14.5. The molecule has 108 valence electrons. The lowest BCUT2D eigenvalue weighted by atomic mass is 9.96. The van der Waals surface area contributed by atoms with Crippen LogP contribution in [0, 0.1) is 5.92 Å². The molecule has 1 heterocycles. The van der Waals surface area contributed by atoms with E-state index in [4.69, 9.17) is 5.11 Å². The molecule has 1 aliphatic heterocycles. The maximum atomic E-state index is 11.9. The third-order valence-electron chi connectivity index (χ3n) is 3.35. The summed E-state index contributed by atoms with van der Waals surface area (Å²) in [5.41, 5.74) is 0.654. The Morgan fingerprint density at radius 1 is 1.45 bits per heavy atom. The van der Waals surface area contributed by atoms with E-state index in [1.165, 1.54) is 6.07 Å². The van der Waals surface area contributed by atoms with Crippen molar-refractivity contribution in [2.45, 2.75) is 19.3 Å². The van der Waals surface area contributed by atoms with E-state index in [-0.39, 0.29) is 11.5 Å². The highest BCUT2D eigenvalue weighted by molar-refractivity contribution is 9.10. The van der Waals surface area contributed by atoms with Crippen molar-refractivity contribution in [1.82, 2.24) is 5.32 Å². The Kier molecular flexibility index (Phi) is 5.14. The lowest BCUT2D eigenvalue weighted by molar-refractivity contribution is -0.117. The van der Waals surface area contributed by atoms with Crippen LogP contribution < -0.4 is 10.6 Å². The van der Waals surface area contributed by atoms with Gasteiger partial charge in [0, 0.05) is 16.6 Å². The first-order valence-electron chi connectivity index (χ1n) is 6.59. The molecule has 20 heavy (non-hydrogen) atoms. The summed E-state index contributed by atoms with van der Waals surface area (Å²) in [6.07, 6.45) is 2.62. The van der Waals surface area contributed by atoms with Crippen LogP contribution in [0.3, 0.4) is 0 Å². The number of carbonyl (C=O) groups excluding carboxylic acids is 1. The van der Waals surface area contributed by atoms with E-state index in [0.717, 1.165) is 25.9 Å². The molecule has 0 aliphatic carbocycles. The van der Waals surface area contributed by atoms with Crippen LogP contribution in [-0.4, -0.2) is 30.1 Å². The molecule has 1 unspecified atom stereocenters. The monoisotopic (exact) mass is 340 g/mol. The summed E-state index contributed by atoms with van der Waals surface area (Å²) >= 11 is 3.18. The molecule has 1 amide bonds. The minimum absolute atomic E-state index is 0.0719. The van der Waals surface area contributed by atoms with Crippen molar-refractivity contribution >= 4 is 33.5 Å². The molecule has 5 nitrogen and oxygen atoms in total. The normalized spacial score (nSPS) is 18.6. The summed E-state index contributed by atoms with van der Waals surface area (Å²) in [6.45, 7) is 1.89. The van der Waals surface area contributed by atoms with Crippen molar-refractivity contribution in [3.8, 4) is 0 Å². The van der Waals surface area contributed by atoms with E-state index in [9.17, 15) is 9.59 Å². The van der Waals surface area contributed by atoms with Crippen molar-refractivity contribution in [2.75, 3.05) is 18.4 Å². The van der Waals surface area contributed by atoms with Crippen molar-refractivity contribution < 1.29 is 14.7 Å². The molecule has 0 radical (unpaired) electrons. The predicted molar refractivity (Wildman–Crippen MR) is 79.9 cm³/mol. The molecular formula is C14H17BrN2O3. The summed E-state index contributed by atoms with van der Waals surface area (Å²) in [5, 5.41) is 15.1. The van der Waals surface area contributed by atoms with Gasteiger partial charge < -0.3 is 15.7 Å². The van der Waals surface area contributed by atoms with Crippen LogP contribution in [0.1, 0.15) is 29.6 Å². The fourth-order valence-corrected chi connectivity index (χ4v) is 2.76. The average Bonchev–Trinajstić information content (AvgIpc) is 2.41. The lowest BCUT2D eigenvalue weighted by Gasteiger charge is -2.22. The summed E-state index contributed by atoms with van der Waals surface area (Å²) in [6, 6.07) is 4.78. The number of hydrogen-bond acceptors (Lipinski definition) is 3. The molecule has 6 heteroatoms. The summed E-state index contributed by atoms with van der Waals surface area (Å²) in [4.78, 5) is 23.0. The van der Waals surface area contributed by atoms with E-state index in [2.05, 4.69) is 26.6 Å². The largest absolute Gasteiger partial charge is 0.478 e. The standard InChI is InChI=1S/C14H17BrN2O3/c15-12-4-3-10(7-11(12)14(19)20)17-13(18)6-9-2-1-5-16-8-9/h3-4,7,9,16H,1-2,5-6,8H2,(H,17,18)(H,19,20). The van der Waals surface area contributed by atoms with E-state index in [1.807, 2.05) is 0 Å². The molecule has 2 rings (SSSR count). The molecule has 1 saturated heterocycles. The van der Waals surface area contributed by atoms with Crippen LogP contribution in [-0.2, 0) is 4.79 Å². The van der Waals surface area contributed by atoms with E-state index in [1.54, 1.807) is 12.1 Å². The Hall–Kier alpha value is -1.40. The van der Waals surface area contributed by atoms with Crippen molar-refractivity contribution in [3.05, 3.63) is 28.2 Å². The Morgan fingerprint density at radius 2 is 2.25 bits per heavy atom. The molecule has 1 aliphatic rings. The van der Waals surface area contributed by atoms with Crippen LogP contribution in [0.2, 0.25) is 0 Å². The number of nitrogens with one attached hydrogen (secondary N) is 2. The number of anilines is 1. The Morgan fingerprint density at radius 3 is 2.90 bits per heavy atom. The van der Waals surface area contributed by atoms with Gasteiger partial charge >= 0.3 is 5.97 Å². The first-order chi connectivity index (χ1) is 9.56. The van der Waals surface area contributed by atoms with Crippen molar-refractivity contribution in [1.29, 1.82) is 0 Å². The molecule has 1 fully saturated rings. The highest BCUT2D eigenvalue weighted by Gasteiger charge is 2.17. The second-order valence-corrected chi connectivity index (χ2v) is 5.82. The number of piperidine rings is 1. The second-order valence-electron chi connectivity index (χ2n) is 4.96. The lowest BCUT2D eigenvalue weighted by Crippen LogP contribution is -2.32. The minimum Gasteiger partial charge on any atom is -0.478 e. The molecule has 0 aromatic heterocycles. The third kappa shape index (κ3) is 4.05. The number of benzene rings is 1. The smallest absolute Gasteiger partial charge is 0.336 e. The van der Waals surface area contributed by atoms with E-state index >= 15 is 0 Å². The average molecular weight is 341 g/mol. The van der Waals surface area contributed by atoms with Crippen LogP contribution >= 0.6 is 15.9 Å². The van der Waals surface area contributed by atoms with Gasteiger partial charge in [-0.3, -0.25) is 4.79 Å². The summed E-state index contributed by atoms with van der Waals surface area (Å²) < 4.78 is 0.500. The predicted octanol–water partition coefficient (Wildman–Crippen LogP) is 2.48. The number of carboxylic acid groups (broad SMARTS) is 1. The Balaban J connectivity index is 1.96. The highest BCUT2D eigenvalue weighted by Crippen LogP contribution is 2.22. The fraction of sp³-hybridized carbons (Fsp3) is 0.429. The molecule has 1 aromatic carbocycles. The van der Waals surface area contributed by atoms with Gasteiger partial charge in [-0.05, 0) is 66.0 Å². The van der Waals surface area contributed by atoms with Gasteiger partial charge in [0.1, 0.15) is 0 Å². The topological polar surface area (TPSA) is 78.4 Å². The maximum absolute atomic E-state index is 11.9. The minimum atomic E-state index is -1.02. The number of rotatable bonds is 4. The first kappa shape index (κ1) is 15.0. The number of carboxylic acids is 1. The molecular weight excluding hydrogens is 324 g/mol. The molecule has 3 N–H and O–H groups in total. The number of hydrogen-bond donors (Lipinski definition) is 3. The quantitative estimate of drug-likeness (QED) is 0.786. The maximum Gasteiger partial charge on any atom is 0.336 e. The van der Waals surface area contributed by atoms with Crippen LogP contribution in [0.5, 0.6) is 0 Å². The van der Waals surface area contributed by atoms with Gasteiger partial charge in [-0.1, -0.05) is 0 Å². The van der Waals surface area contributed by atoms with Gasteiger partial charge in [-0.25, -0.2) is 4.79 Å². The Bertz CT molecular complexity index is 513. The number of aromatic carboxylic acids is 1. The zero-order valence-corrected chi connectivity index (χ0v) is 12.6. The highest BCUT2D eigenvalue weighted by atomic mass is 79.9. The number of halogens is 1. The van der Waals surface area contributed by atoms with Crippen molar-refractivity contribution in [3.63, 3.8) is 0 Å². The molecule has 1 atom stereocenters. The van der Waals surface area contributed by atoms with Crippen LogP contribution in [0.25, 0.3) is 0 Å². The summed E-state index contributed by atoms with van der Waals surface area (Å²) in [5.74, 6) is -0.736. The molecule has 1 aromatic rings. The van der Waals surface area contributed by atoms with Crippen molar-refractivity contribution in [2.24, 2.45) is 5.92 Å². The van der Waals surface area contributed by atoms with Gasteiger partial charge in [-0.15, -0.1) is 0 Å². The van der Waals surface area contributed by atoms with Gasteiger partial charge in [0.2, 0.25) is 5.91 Å². The number of amides is 1.